The zero-order chi connectivity index (χ0) is 14.5. The Bertz CT molecular complexity index is 473. The average Bonchev–Trinajstić information content (AvgIpc) is 2.41. The summed E-state index contributed by atoms with van der Waals surface area (Å²) >= 11 is 12.1. The number of nitrogens with two attached hydrogens (primary N) is 1. The number of hydrogen-bond acceptors (Lipinski definition) is 3. The molecule has 1 aromatic rings. The highest BCUT2D eigenvalue weighted by atomic mass is 35.5. The molecular weight excluding hydrogens is 297 g/mol. The van der Waals surface area contributed by atoms with Crippen LogP contribution in [0.1, 0.15) is 18.4 Å². The predicted molar refractivity (Wildman–Crippen MR) is 82.0 cm³/mol. The van der Waals surface area contributed by atoms with Gasteiger partial charge in [-0.2, -0.15) is 0 Å². The first-order chi connectivity index (χ1) is 9.54. The lowest BCUT2D eigenvalue weighted by atomic mass is 10.0. The van der Waals surface area contributed by atoms with Crippen LogP contribution in [0.25, 0.3) is 0 Å². The third-order valence-corrected chi connectivity index (χ3v) is 4.16. The van der Waals surface area contributed by atoms with Crippen molar-refractivity contribution in [3.8, 4) is 0 Å². The topological polar surface area (TPSA) is 58.4 Å². The van der Waals surface area contributed by atoms with Crippen molar-refractivity contribution >= 4 is 29.1 Å². The maximum atomic E-state index is 10.9. The second-order valence-electron chi connectivity index (χ2n) is 5.13. The molecule has 1 aromatic carbocycles. The molecule has 1 fully saturated rings. The number of likely N-dealkylation sites (tertiary alicyclic amines) is 1. The van der Waals surface area contributed by atoms with Gasteiger partial charge in [0.15, 0.2) is 0 Å². The first kappa shape index (κ1) is 15.6. The molecule has 20 heavy (non-hydrogen) atoms. The molecule has 0 atom stereocenters. The molecule has 110 valence electrons. The van der Waals surface area contributed by atoms with E-state index < -0.39 is 0 Å². The summed E-state index contributed by atoms with van der Waals surface area (Å²) < 4.78 is 0. The quantitative estimate of drug-likeness (QED) is 0.874. The maximum absolute atomic E-state index is 10.9. The normalized spacial score (nSPS) is 17.3. The maximum Gasteiger partial charge on any atom is 0.231 e. The van der Waals surface area contributed by atoms with Gasteiger partial charge in [0.25, 0.3) is 0 Å². The summed E-state index contributed by atoms with van der Waals surface area (Å²) in [7, 11) is 0. The highest BCUT2D eigenvalue weighted by molar-refractivity contribution is 6.33. The van der Waals surface area contributed by atoms with Crippen LogP contribution in [0.4, 0.5) is 0 Å². The molecule has 0 radical (unpaired) electrons. The molecule has 0 aromatic heterocycles. The zero-order valence-electron chi connectivity index (χ0n) is 11.2. The van der Waals surface area contributed by atoms with Crippen LogP contribution >= 0.6 is 23.2 Å². The molecule has 1 amide bonds. The van der Waals surface area contributed by atoms with Gasteiger partial charge in [-0.3, -0.25) is 9.69 Å². The monoisotopic (exact) mass is 315 g/mol. The van der Waals surface area contributed by atoms with Crippen molar-refractivity contribution in [2.45, 2.75) is 25.4 Å². The number of halogens is 2. The summed E-state index contributed by atoms with van der Waals surface area (Å²) in [4.78, 5) is 13.0. The summed E-state index contributed by atoms with van der Waals surface area (Å²) in [6, 6.07) is 5.93. The molecule has 1 heterocycles. The number of carbonyl (C=O) groups is 1. The van der Waals surface area contributed by atoms with Gasteiger partial charge in [0.1, 0.15) is 0 Å². The third kappa shape index (κ3) is 4.63. The molecule has 2 rings (SSSR count). The van der Waals surface area contributed by atoms with E-state index in [1.165, 1.54) is 0 Å². The van der Waals surface area contributed by atoms with Gasteiger partial charge < -0.3 is 11.1 Å². The Morgan fingerprint density at radius 3 is 2.70 bits per heavy atom. The Morgan fingerprint density at radius 2 is 2.05 bits per heavy atom. The fourth-order valence-corrected chi connectivity index (χ4v) is 2.83. The first-order valence-corrected chi connectivity index (χ1v) is 7.48. The van der Waals surface area contributed by atoms with Crippen LogP contribution in [-0.2, 0) is 11.3 Å². The molecule has 0 saturated carbocycles. The third-order valence-electron chi connectivity index (χ3n) is 3.56. The van der Waals surface area contributed by atoms with Crippen molar-refractivity contribution in [1.29, 1.82) is 0 Å². The van der Waals surface area contributed by atoms with E-state index in [1.54, 1.807) is 6.07 Å². The van der Waals surface area contributed by atoms with E-state index in [0.717, 1.165) is 36.5 Å². The highest BCUT2D eigenvalue weighted by Gasteiger charge is 2.19. The van der Waals surface area contributed by atoms with Crippen LogP contribution in [0.5, 0.6) is 0 Å². The van der Waals surface area contributed by atoms with Crippen molar-refractivity contribution in [3.63, 3.8) is 0 Å². The highest BCUT2D eigenvalue weighted by Crippen LogP contribution is 2.21. The lowest BCUT2D eigenvalue weighted by Crippen LogP contribution is -2.45. The van der Waals surface area contributed by atoms with E-state index in [4.69, 9.17) is 28.9 Å². The van der Waals surface area contributed by atoms with Crippen LogP contribution in [0.15, 0.2) is 18.2 Å². The lowest BCUT2D eigenvalue weighted by Gasteiger charge is -2.31. The number of piperidine rings is 1. The summed E-state index contributed by atoms with van der Waals surface area (Å²) in [6.45, 7) is 2.85. The number of rotatable bonds is 5. The van der Waals surface area contributed by atoms with Crippen LogP contribution in [-0.4, -0.2) is 36.5 Å². The first-order valence-electron chi connectivity index (χ1n) is 6.72. The van der Waals surface area contributed by atoms with Crippen molar-refractivity contribution in [1.82, 2.24) is 10.2 Å². The number of nitrogens with zero attached hydrogens (tertiary/aromatic N) is 1. The van der Waals surface area contributed by atoms with Gasteiger partial charge in [0, 0.05) is 35.7 Å². The van der Waals surface area contributed by atoms with Crippen LogP contribution in [0, 0.1) is 0 Å². The van der Waals surface area contributed by atoms with Gasteiger partial charge in [-0.05, 0) is 36.6 Å². The number of amides is 1. The standard InChI is InChI=1S/C14H19Cl2N3O/c15-11-1-2-13(16)10(7-11)8-18-12-3-5-19(6-4-12)9-14(17)20/h1-2,7,12,18H,3-6,8-9H2,(H2,17,20). The molecule has 0 aliphatic carbocycles. The SMILES string of the molecule is NC(=O)CN1CCC(NCc2cc(Cl)ccc2Cl)CC1. The largest absolute Gasteiger partial charge is 0.369 e. The van der Waals surface area contributed by atoms with E-state index in [1.807, 2.05) is 12.1 Å². The van der Waals surface area contributed by atoms with E-state index in [9.17, 15) is 4.79 Å². The smallest absolute Gasteiger partial charge is 0.231 e. The molecule has 1 aliphatic heterocycles. The van der Waals surface area contributed by atoms with Gasteiger partial charge in [0.2, 0.25) is 5.91 Å². The van der Waals surface area contributed by atoms with E-state index in [2.05, 4.69) is 10.2 Å². The molecule has 4 nitrogen and oxygen atoms in total. The zero-order valence-corrected chi connectivity index (χ0v) is 12.8. The van der Waals surface area contributed by atoms with Gasteiger partial charge >= 0.3 is 0 Å². The Balaban J connectivity index is 1.78. The van der Waals surface area contributed by atoms with Crippen LogP contribution in [0.2, 0.25) is 10.0 Å². The predicted octanol–water partition coefficient (Wildman–Crippen LogP) is 2.03. The van der Waals surface area contributed by atoms with E-state index >= 15 is 0 Å². The molecule has 1 saturated heterocycles. The van der Waals surface area contributed by atoms with Crippen molar-refractivity contribution in [3.05, 3.63) is 33.8 Å². The van der Waals surface area contributed by atoms with Crippen molar-refractivity contribution < 1.29 is 4.79 Å². The van der Waals surface area contributed by atoms with E-state index in [-0.39, 0.29) is 5.91 Å². The second kappa shape index (κ2) is 7.27. The molecule has 3 N–H and O–H groups in total. The molecule has 6 heteroatoms. The number of hydrogen-bond donors (Lipinski definition) is 2. The van der Waals surface area contributed by atoms with Gasteiger partial charge in [-0.15, -0.1) is 0 Å². The summed E-state index contributed by atoms with van der Waals surface area (Å²) in [6.07, 6.45) is 2.01. The van der Waals surface area contributed by atoms with Crippen LogP contribution in [0.3, 0.4) is 0 Å². The molecule has 0 bridgehead atoms. The average molecular weight is 316 g/mol. The van der Waals surface area contributed by atoms with Gasteiger partial charge in [-0.25, -0.2) is 0 Å². The minimum absolute atomic E-state index is 0.262. The van der Waals surface area contributed by atoms with Crippen molar-refractivity contribution in [2.75, 3.05) is 19.6 Å². The summed E-state index contributed by atoms with van der Waals surface area (Å²) in [5, 5.41) is 4.92. The Morgan fingerprint density at radius 1 is 1.35 bits per heavy atom. The summed E-state index contributed by atoms with van der Waals surface area (Å²) in [5.74, 6) is -0.262. The number of benzene rings is 1. The molecular formula is C14H19Cl2N3O. The van der Waals surface area contributed by atoms with E-state index in [0.29, 0.717) is 24.2 Å². The second-order valence-corrected chi connectivity index (χ2v) is 5.98. The van der Waals surface area contributed by atoms with Crippen LogP contribution < -0.4 is 11.1 Å². The summed E-state index contributed by atoms with van der Waals surface area (Å²) in [5.41, 5.74) is 6.21. The van der Waals surface area contributed by atoms with Crippen molar-refractivity contribution in [2.24, 2.45) is 5.73 Å². The Kier molecular flexibility index (Phi) is 5.66. The minimum Gasteiger partial charge on any atom is -0.369 e. The van der Waals surface area contributed by atoms with Gasteiger partial charge in [0.05, 0.1) is 6.54 Å². The fourth-order valence-electron chi connectivity index (χ4n) is 2.45. The molecule has 0 unspecified atom stereocenters. The number of nitrogens with one attached hydrogen (secondary N) is 1. The fraction of sp³-hybridized carbons (Fsp3) is 0.500. The number of primary amides is 1. The van der Waals surface area contributed by atoms with Gasteiger partial charge in [-0.1, -0.05) is 23.2 Å². The minimum atomic E-state index is -0.262. The molecule has 1 aliphatic rings. The molecule has 0 spiro atoms. The Labute approximate surface area is 129 Å². The lowest BCUT2D eigenvalue weighted by molar-refractivity contribution is -0.119. The Hall–Kier alpha value is -0.810. The number of carbonyl (C=O) groups excluding carboxylic acids is 1.